The van der Waals surface area contributed by atoms with Crippen LogP contribution < -0.4 is 5.32 Å². The van der Waals surface area contributed by atoms with Gasteiger partial charge in [-0.25, -0.2) is 4.39 Å². The van der Waals surface area contributed by atoms with Crippen LogP contribution in [0.1, 0.15) is 36.5 Å². The van der Waals surface area contributed by atoms with Crippen molar-refractivity contribution in [2.75, 3.05) is 6.54 Å². The molecule has 2 rings (SSSR count). The second kappa shape index (κ2) is 6.74. The molecule has 1 unspecified atom stereocenters. The minimum Gasteiger partial charge on any atom is -0.464 e. The summed E-state index contributed by atoms with van der Waals surface area (Å²) in [5.74, 6) is 1.06. The Hall–Kier alpha value is -0.840. The highest BCUT2D eigenvalue weighted by Gasteiger charge is 2.22. The summed E-state index contributed by atoms with van der Waals surface area (Å²) in [6, 6.07) is 6.86. The van der Waals surface area contributed by atoms with Gasteiger partial charge in [-0.1, -0.05) is 24.6 Å². The van der Waals surface area contributed by atoms with Gasteiger partial charge < -0.3 is 9.73 Å². The molecule has 1 aromatic carbocycles. The molecule has 0 saturated carbocycles. The van der Waals surface area contributed by atoms with E-state index < -0.39 is 5.82 Å². The van der Waals surface area contributed by atoms with Gasteiger partial charge in [0.15, 0.2) is 0 Å². The summed E-state index contributed by atoms with van der Waals surface area (Å²) in [4.78, 5) is 0. The fourth-order valence-corrected chi connectivity index (χ4v) is 2.50. The number of nitrogens with one attached hydrogen (secondary N) is 1. The first-order valence-corrected chi connectivity index (χ1v) is 7.64. The molecule has 0 aliphatic carbocycles. The minimum absolute atomic E-state index is 0.0917. The molecule has 0 aliphatic rings. The number of halogens is 3. The number of hydrogen-bond donors (Lipinski definition) is 1. The molecule has 0 radical (unpaired) electrons. The number of benzene rings is 1. The molecular weight excluding hydrogens is 345 g/mol. The summed E-state index contributed by atoms with van der Waals surface area (Å²) in [6.45, 7) is 4.69. The third kappa shape index (κ3) is 3.25. The molecule has 1 N–H and O–H groups in total. The zero-order valence-electron chi connectivity index (χ0n) is 11.3. The van der Waals surface area contributed by atoms with Crippen LogP contribution in [0.2, 0.25) is 5.02 Å². The average molecular weight is 361 g/mol. The van der Waals surface area contributed by atoms with E-state index in [0.717, 1.165) is 18.7 Å². The van der Waals surface area contributed by atoms with Crippen LogP contribution in [0.3, 0.4) is 0 Å². The number of furan rings is 1. The fourth-order valence-electron chi connectivity index (χ4n) is 2.02. The summed E-state index contributed by atoms with van der Waals surface area (Å²) in [5.41, 5.74) is 0.487. The summed E-state index contributed by atoms with van der Waals surface area (Å²) in [6.07, 6.45) is 0.946. The number of hydrogen-bond acceptors (Lipinski definition) is 2. The zero-order chi connectivity index (χ0) is 14.7. The highest BCUT2D eigenvalue weighted by Crippen LogP contribution is 2.33. The quantitative estimate of drug-likeness (QED) is 0.738. The smallest absolute Gasteiger partial charge is 0.148 e. The van der Waals surface area contributed by atoms with E-state index in [9.17, 15) is 4.39 Å². The van der Waals surface area contributed by atoms with E-state index in [0.29, 0.717) is 15.8 Å². The highest BCUT2D eigenvalue weighted by atomic mass is 79.9. The third-order valence-corrected chi connectivity index (χ3v) is 4.28. The minimum atomic E-state index is -0.427. The van der Waals surface area contributed by atoms with Crippen molar-refractivity contribution >= 4 is 27.5 Å². The molecule has 0 fully saturated rings. The second-order valence-corrected chi connectivity index (χ2v) is 5.83. The van der Waals surface area contributed by atoms with Crippen LogP contribution in [0.25, 0.3) is 0 Å². The number of rotatable bonds is 5. The predicted molar refractivity (Wildman–Crippen MR) is 82.7 cm³/mol. The van der Waals surface area contributed by atoms with Gasteiger partial charge in [-0.05, 0) is 54.0 Å². The zero-order valence-corrected chi connectivity index (χ0v) is 13.7. The molecule has 1 aromatic heterocycles. The molecule has 0 amide bonds. The summed E-state index contributed by atoms with van der Waals surface area (Å²) < 4.78 is 20.6. The Labute approximate surface area is 131 Å². The number of aryl methyl sites for hydroxylation is 1. The Bertz CT molecular complexity index is 600. The van der Waals surface area contributed by atoms with Gasteiger partial charge in [-0.15, -0.1) is 0 Å². The second-order valence-electron chi connectivity index (χ2n) is 4.60. The van der Waals surface area contributed by atoms with Gasteiger partial charge in [-0.3, -0.25) is 0 Å². The van der Waals surface area contributed by atoms with Crippen molar-refractivity contribution in [2.24, 2.45) is 0 Å². The Balaban J connectivity index is 2.43. The lowest BCUT2D eigenvalue weighted by Crippen LogP contribution is -2.23. The lowest BCUT2D eigenvalue weighted by molar-refractivity contribution is 0.422. The molecule has 0 spiro atoms. The Morgan fingerprint density at radius 2 is 2.10 bits per heavy atom. The van der Waals surface area contributed by atoms with Crippen LogP contribution in [0, 0.1) is 12.7 Å². The predicted octanol–water partition coefficient (Wildman–Crippen LogP) is 5.23. The van der Waals surface area contributed by atoms with Gasteiger partial charge in [0.1, 0.15) is 17.3 Å². The normalized spacial score (nSPS) is 12.7. The van der Waals surface area contributed by atoms with Crippen molar-refractivity contribution in [3.8, 4) is 0 Å². The van der Waals surface area contributed by atoms with Crippen molar-refractivity contribution in [1.29, 1.82) is 0 Å². The lowest BCUT2D eigenvalue weighted by Gasteiger charge is -2.18. The molecule has 0 bridgehead atoms. The van der Waals surface area contributed by atoms with Gasteiger partial charge in [-0.2, -0.15) is 0 Å². The van der Waals surface area contributed by atoms with E-state index in [2.05, 4.69) is 28.2 Å². The monoisotopic (exact) mass is 359 g/mol. The molecule has 0 aliphatic heterocycles. The molecule has 0 saturated heterocycles. The van der Waals surface area contributed by atoms with Crippen molar-refractivity contribution < 1.29 is 8.81 Å². The molecule has 2 aromatic rings. The first-order chi connectivity index (χ1) is 9.54. The molecule has 108 valence electrons. The first-order valence-electron chi connectivity index (χ1n) is 6.47. The van der Waals surface area contributed by atoms with Crippen LogP contribution in [-0.4, -0.2) is 6.54 Å². The molecule has 1 heterocycles. The van der Waals surface area contributed by atoms with Crippen LogP contribution in [0.4, 0.5) is 4.39 Å². The first kappa shape index (κ1) is 15.5. The van der Waals surface area contributed by atoms with Crippen molar-refractivity contribution in [1.82, 2.24) is 5.32 Å². The maximum absolute atomic E-state index is 14.4. The SMILES string of the molecule is CCCNC(c1ccc(C)o1)c1ccc(Br)c(Cl)c1F. The summed E-state index contributed by atoms with van der Waals surface area (Å²) in [5, 5.41) is 3.39. The standard InChI is InChI=1S/C15H16BrClFNO/c1-3-8-19-15(12-7-4-9(2)20-12)10-5-6-11(16)13(17)14(10)18/h4-7,15,19H,3,8H2,1-2H3. The van der Waals surface area contributed by atoms with Crippen LogP contribution >= 0.6 is 27.5 Å². The molecule has 20 heavy (non-hydrogen) atoms. The van der Waals surface area contributed by atoms with Crippen LogP contribution in [0.5, 0.6) is 0 Å². The maximum atomic E-state index is 14.4. The van der Waals surface area contributed by atoms with Crippen molar-refractivity contribution in [2.45, 2.75) is 26.3 Å². The van der Waals surface area contributed by atoms with Gasteiger partial charge in [0, 0.05) is 10.0 Å². The third-order valence-electron chi connectivity index (χ3n) is 3.02. The highest BCUT2D eigenvalue weighted by molar-refractivity contribution is 9.10. The van der Waals surface area contributed by atoms with Gasteiger partial charge in [0.05, 0.1) is 11.1 Å². The lowest BCUT2D eigenvalue weighted by atomic mass is 10.0. The van der Waals surface area contributed by atoms with E-state index in [1.807, 2.05) is 19.1 Å². The van der Waals surface area contributed by atoms with Crippen molar-refractivity contribution in [3.63, 3.8) is 0 Å². The molecule has 5 heteroatoms. The van der Waals surface area contributed by atoms with E-state index in [1.165, 1.54) is 0 Å². The molecule has 2 nitrogen and oxygen atoms in total. The topological polar surface area (TPSA) is 25.2 Å². The Morgan fingerprint density at radius 1 is 1.35 bits per heavy atom. The van der Waals surface area contributed by atoms with Gasteiger partial charge >= 0.3 is 0 Å². The van der Waals surface area contributed by atoms with E-state index in [4.69, 9.17) is 16.0 Å². The van der Waals surface area contributed by atoms with E-state index in [-0.39, 0.29) is 11.1 Å². The van der Waals surface area contributed by atoms with E-state index >= 15 is 0 Å². The average Bonchev–Trinajstić information content (AvgIpc) is 2.85. The summed E-state index contributed by atoms with van der Waals surface area (Å²) in [7, 11) is 0. The van der Waals surface area contributed by atoms with Gasteiger partial charge in [0.2, 0.25) is 0 Å². The molecular formula is C15H16BrClFNO. The largest absolute Gasteiger partial charge is 0.464 e. The maximum Gasteiger partial charge on any atom is 0.148 e. The Kier molecular flexibility index (Phi) is 5.24. The fraction of sp³-hybridized carbons (Fsp3) is 0.333. The van der Waals surface area contributed by atoms with E-state index in [1.54, 1.807) is 12.1 Å². The molecule has 1 atom stereocenters. The van der Waals surface area contributed by atoms with Crippen LogP contribution in [0.15, 0.2) is 33.2 Å². The van der Waals surface area contributed by atoms with Gasteiger partial charge in [0.25, 0.3) is 0 Å². The summed E-state index contributed by atoms with van der Waals surface area (Å²) >= 11 is 9.20. The van der Waals surface area contributed by atoms with Crippen molar-refractivity contribution in [3.05, 3.63) is 56.7 Å². The Morgan fingerprint density at radius 3 is 2.70 bits per heavy atom. The van der Waals surface area contributed by atoms with Crippen LogP contribution in [-0.2, 0) is 0 Å².